The molecule has 2 aliphatic rings. The summed E-state index contributed by atoms with van der Waals surface area (Å²) < 4.78 is 34.9. The van der Waals surface area contributed by atoms with E-state index in [0.717, 1.165) is 18.5 Å². The normalized spacial score (nSPS) is 28.0. The van der Waals surface area contributed by atoms with E-state index in [1.807, 2.05) is 18.4 Å². The second kappa shape index (κ2) is 5.57. The standard InChI is InChI=1S/C14H21ClN2O3S/c1-10-9-20-11(2)7-17(10)21(18,19)14-5-13(6-15)16(8-14)12-3-4-12/h5,8,10-12H,3-4,6-7,9H2,1-2H3. The van der Waals surface area contributed by atoms with E-state index in [9.17, 15) is 8.42 Å². The van der Waals surface area contributed by atoms with Crippen molar-refractivity contribution in [2.24, 2.45) is 0 Å². The van der Waals surface area contributed by atoms with Crippen molar-refractivity contribution in [2.75, 3.05) is 13.2 Å². The number of morpholine rings is 1. The Balaban J connectivity index is 1.94. The maximum Gasteiger partial charge on any atom is 0.245 e. The number of ether oxygens (including phenoxy) is 1. The van der Waals surface area contributed by atoms with E-state index in [1.54, 1.807) is 16.6 Å². The SMILES string of the molecule is CC1CN(S(=O)(=O)c2cc(CCl)n(C3CC3)c2)C(C)CO1. The van der Waals surface area contributed by atoms with Gasteiger partial charge in [0, 0.05) is 30.5 Å². The number of halogens is 1. The van der Waals surface area contributed by atoms with Crippen molar-refractivity contribution in [1.82, 2.24) is 8.87 Å². The molecular weight excluding hydrogens is 312 g/mol. The minimum absolute atomic E-state index is 0.0750. The van der Waals surface area contributed by atoms with Crippen LogP contribution < -0.4 is 0 Å². The topological polar surface area (TPSA) is 51.5 Å². The number of rotatable bonds is 4. The lowest BCUT2D eigenvalue weighted by atomic mass is 10.2. The van der Waals surface area contributed by atoms with Crippen molar-refractivity contribution in [2.45, 2.75) is 55.7 Å². The average Bonchev–Trinajstić information content (AvgIpc) is 3.20. The summed E-state index contributed by atoms with van der Waals surface area (Å²) in [5.41, 5.74) is 0.881. The summed E-state index contributed by atoms with van der Waals surface area (Å²) in [6, 6.07) is 1.99. The third-order valence-electron chi connectivity index (χ3n) is 4.14. The lowest BCUT2D eigenvalue weighted by Crippen LogP contribution is -2.49. The first-order chi connectivity index (χ1) is 9.93. The van der Waals surface area contributed by atoms with Crippen LogP contribution in [0.3, 0.4) is 0 Å². The van der Waals surface area contributed by atoms with Gasteiger partial charge in [-0.1, -0.05) is 0 Å². The van der Waals surface area contributed by atoms with Crippen LogP contribution in [0.1, 0.15) is 38.4 Å². The Hall–Kier alpha value is -0.560. The van der Waals surface area contributed by atoms with Gasteiger partial charge in [0.2, 0.25) is 10.0 Å². The molecule has 21 heavy (non-hydrogen) atoms. The van der Waals surface area contributed by atoms with E-state index in [4.69, 9.17) is 16.3 Å². The quantitative estimate of drug-likeness (QED) is 0.795. The highest BCUT2D eigenvalue weighted by atomic mass is 35.5. The highest BCUT2D eigenvalue weighted by Crippen LogP contribution is 2.38. The molecule has 0 amide bonds. The van der Waals surface area contributed by atoms with Gasteiger partial charge in [-0.25, -0.2) is 8.42 Å². The predicted octanol–water partition coefficient (Wildman–Crippen LogP) is 2.36. The van der Waals surface area contributed by atoms with Gasteiger partial charge in [-0.3, -0.25) is 0 Å². The molecular formula is C14H21ClN2O3S. The molecule has 1 aliphatic heterocycles. The summed E-state index contributed by atoms with van der Waals surface area (Å²) in [7, 11) is -3.49. The highest BCUT2D eigenvalue weighted by molar-refractivity contribution is 7.89. The number of aromatic nitrogens is 1. The summed E-state index contributed by atoms with van der Waals surface area (Å²) in [5.74, 6) is 0.334. The predicted molar refractivity (Wildman–Crippen MR) is 81.0 cm³/mol. The Morgan fingerprint density at radius 3 is 2.71 bits per heavy atom. The summed E-state index contributed by atoms with van der Waals surface area (Å²) in [6.45, 7) is 4.61. The fourth-order valence-corrected chi connectivity index (χ4v) is 4.74. The van der Waals surface area contributed by atoms with Crippen molar-refractivity contribution in [3.8, 4) is 0 Å². The highest BCUT2D eigenvalue weighted by Gasteiger charge is 2.36. The maximum atomic E-state index is 12.9. The summed E-state index contributed by atoms with van der Waals surface area (Å²) >= 11 is 5.96. The van der Waals surface area contributed by atoms with E-state index in [-0.39, 0.29) is 12.1 Å². The number of nitrogens with zero attached hydrogens (tertiary/aromatic N) is 2. The molecule has 3 rings (SSSR count). The Bertz CT molecular complexity index is 624. The van der Waals surface area contributed by atoms with Crippen molar-refractivity contribution in [3.63, 3.8) is 0 Å². The first kappa shape index (κ1) is 15.3. The molecule has 1 aliphatic carbocycles. The van der Waals surface area contributed by atoms with Crippen LogP contribution in [0.25, 0.3) is 0 Å². The molecule has 5 nitrogen and oxygen atoms in total. The van der Waals surface area contributed by atoms with Crippen LogP contribution >= 0.6 is 11.6 Å². The smallest absolute Gasteiger partial charge is 0.245 e. The number of hydrogen-bond donors (Lipinski definition) is 0. The minimum atomic E-state index is -3.49. The van der Waals surface area contributed by atoms with E-state index in [0.29, 0.717) is 30.0 Å². The summed E-state index contributed by atoms with van der Waals surface area (Å²) in [4.78, 5) is 0.353. The first-order valence-corrected chi connectivity index (χ1v) is 9.31. The molecule has 0 radical (unpaired) electrons. The Morgan fingerprint density at radius 1 is 1.38 bits per heavy atom. The van der Waals surface area contributed by atoms with Crippen molar-refractivity contribution in [1.29, 1.82) is 0 Å². The molecule has 7 heteroatoms. The van der Waals surface area contributed by atoms with Crippen molar-refractivity contribution >= 4 is 21.6 Å². The van der Waals surface area contributed by atoms with Crippen molar-refractivity contribution < 1.29 is 13.2 Å². The lowest BCUT2D eigenvalue weighted by Gasteiger charge is -2.35. The molecule has 0 aromatic carbocycles. The fraction of sp³-hybridized carbons (Fsp3) is 0.714. The third kappa shape index (κ3) is 2.86. The zero-order chi connectivity index (χ0) is 15.2. The van der Waals surface area contributed by atoms with Crippen LogP contribution in [0.4, 0.5) is 0 Å². The molecule has 118 valence electrons. The maximum absolute atomic E-state index is 12.9. The van der Waals surface area contributed by atoms with Gasteiger partial charge in [-0.05, 0) is 32.8 Å². The van der Waals surface area contributed by atoms with Gasteiger partial charge in [0.25, 0.3) is 0 Å². The molecule has 1 aromatic rings. The van der Waals surface area contributed by atoms with Gasteiger partial charge in [-0.15, -0.1) is 11.6 Å². The summed E-state index contributed by atoms with van der Waals surface area (Å²) in [5, 5.41) is 0. The number of hydrogen-bond acceptors (Lipinski definition) is 3. The van der Waals surface area contributed by atoms with E-state index >= 15 is 0 Å². The van der Waals surface area contributed by atoms with E-state index in [1.165, 1.54) is 0 Å². The molecule has 2 fully saturated rings. The molecule has 0 N–H and O–H groups in total. The van der Waals surface area contributed by atoms with Crippen LogP contribution in [0.15, 0.2) is 17.2 Å². The van der Waals surface area contributed by atoms with Crippen LogP contribution in [-0.4, -0.2) is 42.6 Å². The second-order valence-corrected chi connectivity index (χ2v) is 8.16. The molecule has 2 heterocycles. The van der Waals surface area contributed by atoms with Crippen LogP contribution in [0.5, 0.6) is 0 Å². The first-order valence-electron chi connectivity index (χ1n) is 7.33. The fourth-order valence-electron chi connectivity index (χ4n) is 2.78. The number of sulfonamides is 1. The molecule has 0 spiro atoms. The van der Waals surface area contributed by atoms with Gasteiger partial charge in [-0.2, -0.15) is 4.31 Å². The van der Waals surface area contributed by atoms with Gasteiger partial charge < -0.3 is 9.30 Å². The van der Waals surface area contributed by atoms with Gasteiger partial charge in [0.15, 0.2) is 0 Å². The molecule has 2 atom stereocenters. The molecule has 2 unspecified atom stereocenters. The third-order valence-corrected chi connectivity index (χ3v) is 6.36. The van der Waals surface area contributed by atoms with Gasteiger partial charge in [0.1, 0.15) is 4.90 Å². The van der Waals surface area contributed by atoms with Gasteiger partial charge >= 0.3 is 0 Å². The minimum Gasteiger partial charge on any atom is -0.375 e. The van der Waals surface area contributed by atoms with Crippen molar-refractivity contribution in [3.05, 3.63) is 18.0 Å². The Labute approximate surface area is 130 Å². The number of alkyl halides is 1. The monoisotopic (exact) mass is 332 g/mol. The molecule has 1 saturated heterocycles. The van der Waals surface area contributed by atoms with Crippen LogP contribution in [-0.2, 0) is 20.6 Å². The Morgan fingerprint density at radius 2 is 2.10 bits per heavy atom. The average molecular weight is 333 g/mol. The zero-order valence-electron chi connectivity index (χ0n) is 12.3. The van der Waals surface area contributed by atoms with Crippen LogP contribution in [0.2, 0.25) is 0 Å². The summed E-state index contributed by atoms with van der Waals surface area (Å²) in [6.07, 6.45) is 3.87. The van der Waals surface area contributed by atoms with E-state index < -0.39 is 10.0 Å². The Kier molecular flexibility index (Phi) is 4.07. The molecule has 0 bridgehead atoms. The molecule has 1 aromatic heterocycles. The van der Waals surface area contributed by atoms with Gasteiger partial charge in [0.05, 0.1) is 18.6 Å². The van der Waals surface area contributed by atoms with Crippen LogP contribution in [0, 0.1) is 0 Å². The lowest BCUT2D eigenvalue weighted by molar-refractivity contribution is -0.0170. The molecule has 1 saturated carbocycles. The largest absolute Gasteiger partial charge is 0.375 e. The second-order valence-electron chi connectivity index (χ2n) is 6.01. The zero-order valence-corrected chi connectivity index (χ0v) is 13.9. The van der Waals surface area contributed by atoms with E-state index in [2.05, 4.69) is 0 Å².